The molecule has 1 amide bonds. The largest absolute Gasteiger partial charge is 0.504 e. The van der Waals surface area contributed by atoms with Gasteiger partial charge in [0.2, 0.25) is 5.91 Å². The van der Waals surface area contributed by atoms with Crippen molar-refractivity contribution in [2.45, 2.75) is 33.1 Å². The van der Waals surface area contributed by atoms with Gasteiger partial charge >= 0.3 is 0 Å². The van der Waals surface area contributed by atoms with Gasteiger partial charge in [0.1, 0.15) is 11.3 Å². The number of methoxy groups -OCH3 is 1. The van der Waals surface area contributed by atoms with Crippen molar-refractivity contribution in [1.29, 1.82) is 0 Å². The number of phenols is 1. The minimum absolute atomic E-state index is 0.0897. The predicted molar refractivity (Wildman–Crippen MR) is 111 cm³/mol. The number of hydrogen-bond donors (Lipinski definition) is 1. The third-order valence-corrected chi connectivity index (χ3v) is 4.74. The first-order chi connectivity index (χ1) is 13.5. The van der Waals surface area contributed by atoms with Crippen molar-refractivity contribution in [2.24, 2.45) is 0 Å². The lowest BCUT2D eigenvalue weighted by molar-refractivity contribution is -0.130. The van der Waals surface area contributed by atoms with Gasteiger partial charge in [0.05, 0.1) is 13.5 Å². The molecule has 28 heavy (non-hydrogen) atoms. The summed E-state index contributed by atoms with van der Waals surface area (Å²) in [7, 11) is 1.52. The van der Waals surface area contributed by atoms with Gasteiger partial charge in [-0.15, -0.1) is 0 Å². The number of amides is 1. The van der Waals surface area contributed by atoms with E-state index in [0.717, 1.165) is 48.0 Å². The van der Waals surface area contributed by atoms with Gasteiger partial charge in [-0.05, 0) is 54.8 Å². The SMILES string of the molecule is CCCN(CCC)C(=O)Cc1ccc2oc(-c3ccc(O)c(OC)c3)cc2c1. The van der Waals surface area contributed by atoms with Crippen LogP contribution < -0.4 is 4.74 Å². The normalized spacial score (nSPS) is 11.0. The summed E-state index contributed by atoms with van der Waals surface area (Å²) < 4.78 is 11.1. The number of fused-ring (bicyclic) bond motifs is 1. The molecule has 3 aromatic rings. The first-order valence-corrected chi connectivity index (χ1v) is 9.73. The number of aromatic hydroxyl groups is 1. The third kappa shape index (κ3) is 4.30. The topological polar surface area (TPSA) is 62.9 Å². The molecule has 5 nitrogen and oxygen atoms in total. The number of nitrogens with zero attached hydrogens (tertiary/aromatic N) is 1. The Morgan fingerprint density at radius 1 is 1.07 bits per heavy atom. The molecule has 0 radical (unpaired) electrons. The Hall–Kier alpha value is -2.95. The summed E-state index contributed by atoms with van der Waals surface area (Å²) in [6, 6.07) is 12.9. The standard InChI is InChI=1S/C23H27NO4/c1-4-10-24(11-5-2)23(26)13-16-6-9-20-18(12-16)15-21(28-20)17-7-8-19(25)22(14-17)27-3/h6-9,12,14-15,25H,4-5,10-11,13H2,1-3H3. The zero-order valence-electron chi connectivity index (χ0n) is 16.7. The van der Waals surface area contributed by atoms with Crippen LogP contribution in [0.5, 0.6) is 11.5 Å². The van der Waals surface area contributed by atoms with Crippen LogP contribution in [0, 0.1) is 0 Å². The number of benzene rings is 2. The number of ether oxygens (including phenoxy) is 1. The van der Waals surface area contributed by atoms with Crippen molar-refractivity contribution in [3.8, 4) is 22.8 Å². The van der Waals surface area contributed by atoms with Gasteiger partial charge < -0.3 is 19.2 Å². The van der Waals surface area contributed by atoms with E-state index in [0.29, 0.717) is 17.9 Å². The van der Waals surface area contributed by atoms with Crippen LogP contribution in [0.1, 0.15) is 32.3 Å². The van der Waals surface area contributed by atoms with Crippen molar-refractivity contribution >= 4 is 16.9 Å². The Morgan fingerprint density at radius 2 is 1.82 bits per heavy atom. The van der Waals surface area contributed by atoms with Crippen LogP contribution in [0.2, 0.25) is 0 Å². The van der Waals surface area contributed by atoms with Gasteiger partial charge in [0.15, 0.2) is 11.5 Å². The fourth-order valence-electron chi connectivity index (χ4n) is 3.36. The van der Waals surface area contributed by atoms with E-state index < -0.39 is 0 Å². The lowest BCUT2D eigenvalue weighted by Gasteiger charge is -2.21. The summed E-state index contributed by atoms with van der Waals surface area (Å²) >= 11 is 0. The maximum atomic E-state index is 12.6. The Bertz CT molecular complexity index is 954. The monoisotopic (exact) mass is 381 g/mol. The lowest BCUT2D eigenvalue weighted by Crippen LogP contribution is -2.33. The average molecular weight is 381 g/mol. The van der Waals surface area contributed by atoms with Crippen molar-refractivity contribution in [2.75, 3.05) is 20.2 Å². The second-order valence-electron chi connectivity index (χ2n) is 6.93. The van der Waals surface area contributed by atoms with Crippen LogP contribution in [-0.2, 0) is 11.2 Å². The van der Waals surface area contributed by atoms with Gasteiger partial charge in [-0.1, -0.05) is 19.9 Å². The smallest absolute Gasteiger partial charge is 0.226 e. The second kappa shape index (κ2) is 8.83. The molecule has 0 aliphatic carbocycles. The van der Waals surface area contributed by atoms with Crippen molar-refractivity contribution in [1.82, 2.24) is 4.90 Å². The Kier molecular flexibility index (Phi) is 6.24. The Morgan fingerprint density at radius 3 is 2.50 bits per heavy atom. The summed E-state index contributed by atoms with van der Waals surface area (Å²) in [5, 5.41) is 10.7. The van der Waals surface area contributed by atoms with E-state index in [1.165, 1.54) is 7.11 Å². The van der Waals surface area contributed by atoms with Crippen LogP contribution in [0.25, 0.3) is 22.3 Å². The predicted octanol–water partition coefficient (Wildman–Crippen LogP) is 5.01. The molecule has 0 aliphatic rings. The molecule has 0 saturated carbocycles. The van der Waals surface area contributed by atoms with Crippen LogP contribution in [0.4, 0.5) is 0 Å². The van der Waals surface area contributed by atoms with E-state index in [2.05, 4.69) is 13.8 Å². The minimum atomic E-state index is 0.0897. The minimum Gasteiger partial charge on any atom is -0.504 e. The van der Waals surface area contributed by atoms with E-state index in [9.17, 15) is 9.90 Å². The highest BCUT2D eigenvalue weighted by molar-refractivity contribution is 5.86. The molecule has 2 aromatic carbocycles. The van der Waals surface area contributed by atoms with E-state index in [1.807, 2.05) is 29.2 Å². The molecular formula is C23H27NO4. The summed E-state index contributed by atoms with van der Waals surface area (Å²) in [6.07, 6.45) is 2.32. The molecule has 1 heterocycles. The molecule has 0 fully saturated rings. The zero-order valence-corrected chi connectivity index (χ0v) is 16.7. The molecule has 0 spiro atoms. The summed E-state index contributed by atoms with van der Waals surface area (Å²) in [5.41, 5.74) is 2.56. The quantitative estimate of drug-likeness (QED) is 0.596. The lowest BCUT2D eigenvalue weighted by atomic mass is 10.1. The highest BCUT2D eigenvalue weighted by Gasteiger charge is 2.14. The van der Waals surface area contributed by atoms with Crippen molar-refractivity contribution in [3.05, 3.63) is 48.0 Å². The van der Waals surface area contributed by atoms with Gasteiger partial charge in [-0.3, -0.25) is 4.79 Å². The summed E-state index contributed by atoms with van der Waals surface area (Å²) in [6.45, 7) is 5.78. The number of rotatable bonds is 8. The molecule has 5 heteroatoms. The third-order valence-electron chi connectivity index (χ3n) is 4.74. The van der Waals surface area contributed by atoms with Crippen LogP contribution in [0.3, 0.4) is 0 Å². The van der Waals surface area contributed by atoms with Gasteiger partial charge in [0.25, 0.3) is 0 Å². The molecule has 148 valence electrons. The van der Waals surface area contributed by atoms with Gasteiger partial charge in [0, 0.05) is 24.0 Å². The Balaban J connectivity index is 1.84. The van der Waals surface area contributed by atoms with Crippen molar-refractivity contribution < 1.29 is 19.1 Å². The molecule has 1 aromatic heterocycles. The second-order valence-corrected chi connectivity index (χ2v) is 6.93. The first-order valence-electron chi connectivity index (χ1n) is 9.73. The molecule has 1 N–H and O–H groups in total. The molecule has 0 atom stereocenters. The number of hydrogen-bond acceptors (Lipinski definition) is 4. The van der Waals surface area contributed by atoms with Crippen LogP contribution >= 0.6 is 0 Å². The maximum absolute atomic E-state index is 12.6. The number of phenolic OH excluding ortho intramolecular Hbond substituents is 1. The highest BCUT2D eigenvalue weighted by Crippen LogP contribution is 2.34. The maximum Gasteiger partial charge on any atom is 0.226 e. The molecule has 0 unspecified atom stereocenters. The van der Waals surface area contributed by atoms with Crippen LogP contribution in [0.15, 0.2) is 46.9 Å². The van der Waals surface area contributed by atoms with Gasteiger partial charge in [-0.2, -0.15) is 0 Å². The fourth-order valence-corrected chi connectivity index (χ4v) is 3.36. The van der Waals surface area contributed by atoms with E-state index in [1.54, 1.807) is 18.2 Å². The van der Waals surface area contributed by atoms with Gasteiger partial charge in [-0.25, -0.2) is 0 Å². The molecule has 0 bridgehead atoms. The number of furan rings is 1. The number of carbonyl (C=O) groups is 1. The summed E-state index contributed by atoms with van der Waals surface area (Å²) in [4.78, 5) is 14.6. The highest BCUT2D eigenvalue weighted by atomic mass is 16.5. The first kappa shape index (κ1) is 19.8. The molecular weight excluding hydrogens is 354 g/mol. The molecule has 0 aliphatic heterocycles. The Labute approximate surface area is 165 Å². The number of carbonyl (C=O) groups excluding carboxylic acids is 1. The van der Waals surface area contributed by atoms with E-state index >= 15 is 0 Å². The summed E-state index contributed by atoms with van der Waals surface area (Å²) in [5.74, 6) is 1.34. The van der Waals surface area contributed by atoms with E-state index in [4.69, 9.17) is 9.15 Å². The molecule has 3 rings (SSSR count). The average Bonchev–Trinajstić information content (AvgIpc) is 3.11. The zero-order chi connectivity index (χ0) is 20.1. The molecule has 0 saturated heterocycles. The van der Waals surface area contributed by atoms with E-state index in [-0.39, 0.29) is 11.7 Å². The van der Waals surface area contributed by atoms with Crippen LogP contribution in [-0.4, -0.2) is 36.1 Å². The van der Waals surface area contributed by atoms with Crippen molar-refractivity contribution in [3.63, 3.8) is 0 Å². The fraction of sp³-hybridized carbons (Fsp3) is 0.348.